The zero-order valence-corrected chi connectivity index (χ0v) is 9.32. The predicted molar refractivity (Wildman–Crippen MR) is 56.8 cm³/mol. The van der Waals surface area contributed by atoms with Gasteiger partial charge in [0.2, 0.25) is 6.08 Å². The van der Waals surface area contributed by atoms with Crippen LogP contribution < -0.4 is 0 Å². The maximum atomic E-state index is 10.1. The van der Waals surface area contributed by atoms with Crippen molar-refractivity contribution in [1.29, 1.82) is 0 Å². The van der Waals surface area contributed by atoms with Gasteiger partial charge in [-0.25, -0.2) is 4.79 Å². The number of halogens is 1. The predicted octanol–water partition coefficient (Wildman–Crippen LogP) is 2.30. The average molecular weight is 256 g/mol. The molecule has 0 heterocycles. The first kappa shape index (κ1) is 11.1. The lowest BCUT2D eigenvalue weighted by atomic mass is 10.1. The van der Waals surface area contributed by atoms with Gasteiger partial charge in [-0.3, -0.25) is 0 Å². The van der Waals surface area contributed by atoms with Gasteiger partial charge in [0.1, 0.15) is 0 Å². The maximum absolute atomic E-state index is 10.1. The van der Waals surface area contributed by atoms with E-state index in [1.165, 1.54) is 13.2 Å². The van der Waals surface area contributed by atoms with Crippen molar-refractivity contribution in [1.82, 2.24) is 0 Å². The fourth-order valence-corrected chi connectivity index (χ4v) is 1.55. The summed E-state index contributed by atoms with van der Waals surface area (Å²) >= 11 is 3.36. The van der Waals surface area contributed by atoms with Gasteiger partial charge in [-0.15, -0.1) is 0 Å². The van der Waals surface area contributed by atoms with Crippen LogP contribution in [-0.4, -0.2) is 19.4 Å². The summed E-state index contributed by atoms with van der Waals surface area (Å²) in [6.45, 7) is 0. The van der Waals surface area contributed by atoms with E-state index in [-0.39, 0.29) is 0 Å². The molecule has 0 aliphatic heterocycles. The Hall–Kier alpha value is -0.960. The number of carbonyl (C=O) groups excluding carboxylic acids is 1. The van der Waals surface area contributed by atoms with Crippen LogP contribution in [0.15, 0.2) is 33.7 Å². The summed E-state index contributed by atoms with van der Waals surface area (Å²) in [5.41, 5.74) is 1.06. The number of methoxy groups -OCH3 is 1. The third kappa shape index (κ3) is 3.42. The van der Waals surface area contributed by atoms with Gasteiger partial charge >= 0.3 is 0 Å². The summed E-state index contributed by atoms with van der Waals surface area (Å²) < 4.78 is 5.99. The number of hydrogen-bond acceptors (Lipinski definition) is 3. The minimum absolute atomic E-state index is 0.443. The Morgan fingerprint density at radius 1 is 1.64 bits per heavy atom. The zero-order valence-electron chi connectivity index (χ0n) is 7.74. The van der Waals surface area contributed by atoms with Gasteiger partial charge in [0.15, 0.2) is 6.23 Å². The van der Waals surface area contributed by atoms with Crippen LogP contribution in [0.3, 0.4) is 0 Å². The van der Waals surface area contributed by atoms with E-state index in [0.29, 0.717) is 6.42 Å². The van der Waals surface area contributed by atoms with Gasteiger partial charge in [0.25, 0.3) is 0 Å². The minimum Gasteiger partial charge on any atom is -0.359 e. The van der Waals surface area contributed by atoms with E-state index in [2.05, 4.69) is 20.9 Å². The molecule has 1 unspecified atom stereocenters. The highest BCUT2D eigenvalue weighted by molar-refractivity contribution is 9.10. The molecular formula is C10H10BrNO2. The number of isocyanates is 1. The lowest BCUT2D eigenvalue weighted by molar-refractivity contribution is 0.111. The molecule has 1 atom stereocenters. The summed E-state index contributed by atoms with van der Waals surface area (Å²) in [5.74, 6) is 0. The lowest BCUT2D eigenvalue weighted by Gasteiger charge is -2.08. The molecule has 0 saturated carbocycles. The summed E-state index contributed by atoms with van der Waals surface area (Å²) in [4.78, 5) is 13.6. The molecule has 0 N–H and O–H groups in total. The molecule has 0 aromatic heterocycles. The van der Waals surface area contributed by atoms with E-state index in [9.17, 15) is 4.79 Å². The van der Waals surface area contributed by atoms with Crippen LogP contribution in [-0.2, 0) is 16.0 Å². The fraction of sp³-hybridized carbons (Fsp3) is 0.300. The largest absolute Gasteiger partial charge is 0.359 e. The zero-order chi connectivity index (χ0) is 10.4. The Morgan fingerprint density at radius 2 is 2.43 bits per heavy atom. The van der Waals surface area contributed by atoms with Crippen molar-refractivity contribution in [3.8, 4) is 0 Å². The third-order valence-electron chi connectivity index (χ3n) is 1.77. The standard InChI is InChI=1S/C10H10BrNO2/c1-14-10(12-7-13)6-8-3-2-4-9(11)5-8/h2-5,10H,6H2,1H3. The molecular weight excluding hydrogens is 246 g/mol. The molecule has 0 fully saturated rings. The van der Waals surface area contributed by atoms with Crippen molar-refractivity contribution < 1.29 is 9.53 Å². The first-order valence-electron chi connectivity index (χ1n) is 4.10. The Morgan fingerprint density at radius 3 is 3.00 bits per heavy atom. The highest BCUT2D eigenvalue weighted by atomic mass is 79.9. The Labute approximate surface area is 90.9 Å². The van der Waals surface area contributed by atoms with Crippen molar-refractivity contribution in [3.05, 3.63) is 34.3 Å². The summed E-state index contributed by atoms with van der Waals surface area (Å²) in [5, 5.41) is 0. The maximum Gasteiger partial charge on any atom is 0.237 e. The van der Waals surface area contributed by atoms with Crippen molar-refractivity contribution in [3.63, 3.8) is 0 Å². The van der Waals surface area contributed by atoms with E-state index < -0.39 is 6.23 Å². The molecule has 0 bridgehead atoms. The number of hydrogen-bond donors (Lipinski definition) is 0. The molecule has 0 amide bonds. The van der Waals surface area contributed by atoms with Crippen LogP contribution in [0.4, 0.5) is 0 Å². The average Bonchev–Trinajstić information content (AvgIpc) is 2.17. The molecule has 4 heteroatoms. The Balaban J connectivity index is 2.71. The Bertz CT molecular complexity index is 348. The summed E-state index contributed by atoms with van der Waals surface area (Å²) in [6, 6.07) is 7.79. The van der Waals surface area contributed by atoms with Gasteiger partial charge in [-0.2, -0.15) is 4.99 Å². The van der Waals surface area contributed by atoms with Crippen molar-refractivity contribution in [2.75, 3.05) is 7.11 Å². The van der Waals surface area contributed by atoms with Gasteiger partial charge in [-0.1, -0.05) is 28.1 Å². The highest BCUT2D eigenvalue weighted by Gasteiger charge is 2.05. The molecule has 1 aromatic carbocycles. The van der Waals surface area contributed by atoms with E-state index in [1.807, 2.05) is 24.3 Å². The number of ether oxygens (including phenoxy) is 1. The number of rotatable bonds is 4. The van der Waals surface area contributed by atoms with Gasteiger partial charge in [0.05, 0.1) is 0 Å². The molecule has 0 aliphatic rings. The number of benzene rings is 1. The number of nitrogens with zero attached hydrogens (tertiary/aromatic N) is 1. The SMILES string of the molecule is COC(Cc1cccc(Br)c1)N=C=O. The van der Waals surface area contributed by atoms with E-state index >= 15 is 0 Å². The first-order valence-corrected chi connectivity index (χ1v) is 4.90. The topological polar surface area (TPSA) is 38.7 Å². The van der Waals surface area contributed by atoms with Crippen LogP contribution in [0.25, 0.3) is 0 Å². The molecule has 0 aliphatic carbocycles. The molecule has 74 valence electrons. The van der Waals surface area contributed by atoms with Gasteiger partial charge in [0, 0.05) is 18.0 Å². The van der Waals surface area contributed by atoms with Crippen LogP contribution in [0, 0.1) is 0 Å². The molecule has 0 spiro atoms. The summed E-state index contributed by atoms with van der Waals surface area (Å²) in [7, 11) is 1.52. The summed E-state index contributed by atoms with van der Waals surface area (Å²) in [6.07, 6.45) is 1.62. The Kier molecular flexibility index (Phi) is 4.53. The molecule has 1 rings (SSSR count). The second-order valence-electron chi connectivity index (χ2n) is 2.74. The molecule has 1 aromatic rings. The van der Waals surface area contributed by atoms with E-state index in [4.69, 9.17) is 4.74 Å². The fourth-order valence-electron chi connectivity index (χ4n) is 1.11. The first-order chi connectivity index (χ1) is 6.76. The third-order valence-corrected chi connectivity index (χ3v) is 2.26. The van der Waals surface area contributed by atoms with Crippen molar-refractivity contribution in [2.45, 2.75) is 12.6 Å². The lowest BCUT2D eigenvalue weighted by Crippen LogP contribution is -2.10. The van der Waals surface area contributed by atoms with Gasteiger partial charge in [-0.05, 0) is 17.7 Å². The van der Waals surface area contributed by atoms with Crippen LogP contribution >= 0.6 is 15.9 Å². The van der Waals surface area contributed by atoms with Gasteiger partial charge < -0.3 is 4.74 Å². The number of aliphatic imine (C=N–C) groups is 1. The van der Waals surface area contributed by atoms with E-state index in [1.54, 1.807) is 0 Å². The molecule has 14 heavy (non-hydrogen) atoms. The normalized spacial score (nSPS) is 11.9. The molecule has 0 radical (unpaired) electrons. The minimum atomic E-state index is -0.443. The highest BCUT2D eigenvalue weighted by Crippen LogP contribution is 2.13. The van der Waals surface area contributed by atoms with Crippen LogP contribution in [0.5, 0.6) is 0 Å². The van der Waals surface area contributed by atoms with E-state index in [0.717, 1.165) is 10.0 Å². The smallest absolute Gasteiger partial charge is 0.237 e. The molecule has 3 nitrogen and oxygen atoms in total. The van der Waals surface area contributed by atoms with Crippen LogP contribution in [0.1, 0.15) is 5.56 Å². The molecule has 0 saturated heterocycles. The van der Waals surface area contributed by atoms with Crippen molar-refractivity contribution >= 4 is 22.0 Å². The monoisotopic (exact) mass is 255 g/mol. The van der Waals surface area contributed by atoms with Crippen LogP contribution in [0.2, 0.25) is 0 Å². The van der Waals surface area contributed by atoms with Crippen molar-refractivity contribution in [2.24, 2.45) is 4.99 Å². The second-order valence-corrected chi connectivity index (χ2v) is 3.66. The quantitative estimate of drug-likeness (QED) is 0.612. The second kappa shape index (κ2) is 5.70.